The molecule has 0 bridgehead atoms. The van der Waals surface area contributed by atoms with Crippen molar-refractivity contribution in [2.45, 2.75) is 6.42 Å². The van der Waals surface area contributed by atoms with E-state index in [1.54, 1.807) is 0 Å². The van der Waals surface area contributed by atoms with Gasteiger partial charge in [-0.1, -0.05) is 11.6 Å². The third-order valence-electron chi connectivity index (χ3n) is 3.39. The Bertz CT molecular complexity index is 738. The molecule has 132 valence electrons. The van der Waals surface area contributed by atoms with Gasteiger partial charge in [0.25, 0.3) is 0 Å². The van der Waals surface area contributed by atoms with Gasteiger partial charge in [0.1, 0.15) is 0 Å². The van der Waals surface area contributed by atoms with E-state index in [0.717, 1.165) is 0 Å². The Labute approximate surface area is 145 Å². The van der Waals surface area contributed by atoms with Gasteiger partial charge < -0.3 is 15.4 Å². The van der Waals surface area contributed by atoms with E-state index in [1.807, 2.05) is 0 Å². The lowest BCUT2D eigenvalue weighted by molar-refractivity contribution is -0.136. The van der Waals surface area contributed by atoms with Crippen LogP contribution >= 0.6 is 11.6 Å². The molecule has 1 aromatic rings. The van der Waals surface area contributed by atoms with Gasteiger partial charge in [-0.25, -0.2) is 8.42 Å². The van der Waals surface area contributed by atoms with E-state index in [1.165, 1.54) is 29.6 Å². The van der Waals surface area contributed by atoms with Crippen molar-refractivity contribution in [1.29, 1.82) is 0 Å². The summed E-state index contributed by atoms with van der Waals surface area (Å²) in [6, 6.07) is 4.45. The molecule has 0 spiro atoms. The fourth-order valence-electron chi connectivity index (χ4n) is 2.22. The summed E-state index contributed by atoms with van der Waals surface area (Å²) in [5.41, 5.74) is 0.656. The molecular formula is C14H18ClN3O5S. The summed E-state index contributed by atoms with van der Waals surface area (Å²) >= 11 is 6.09. The van der Waals surface area contributed by atoms with E-state index in [0.29, 0.717) is 25.3 Å². The average molecular weight is 376 g/mol. The smallest absolute Gasteiger partial charge is 0.313 e. The zero-order chi connectivity index (χ0) is 17.7. The molecule has 0 aromatic heterocycles. The van der Waals surface area contributed by atoms with Crippen molar-refractivity contribution in [2.75, 3.05) is 42.2 Å². The van der Waals surface area contributed by atoms with Gasteiger partial charge in [0, 0.05) is 20.2 Å². The third-order valence-corrected chi connectivity index (χ3v) is 5.57. The highest BCUT2D eigenvalue weighted by atomic mass is 35.5. The number of rotatable bonds is 5. The number of nitrogens with zero attached hydrogens (tertiary/aromatic N) is 1. The minimum Gasteiger partial charge on any atom is -0.383 e. The summed E-state index contributed by atoms with van der Waals surface area (Å²) < 4.78 is 29.8. The number of hydrogen-bond donors (Lipinski definition) is 2. The Kier molecular flexibility index (Phi) is 6.03. The molecule has 0 radical (unpaired) electrons. The zero-order valence-electron chi connectivity index (χ0n) is 13.0. The molecule has 1 aliphatic heterocycles. The number of amides is 2. The number of hydrogen-bond acceptors (Lipinski definition) is 5. The monoisotopic (exact) mass is 375 g/mol. The molecule has 1 fully saturated rings. The van der Waals surface area contributed by atoms with Gasteiger partial charge in [0.2, 0.25) is 10.0 Å². The normalized spacial score (nSPS) is 16.0. The zero-order valence-corrected chi connectivity index (χ0v) is 14.6. The molecule has 2 N–H and O–H groups in total. The van der Waals surface area contributed by atoms with Crippen molar-refractivity contribution in [3.63, 3.8) is 0 Å². The Morgan fingerprint density at radius 1 is 1.33 bits per heavy atom. The van der Waals surface area contributed by atoms with E-state index < -0.39 is 21.8 Å². The molecule has 0 unspecified atom stereocenters. The maximum Gasteiger partial charge on any atom is 0.313 e. The number of ether oxygens (including phenoxy) is 1. The number of methoxy groups -OCH3 is 1. The Morgan fingerprint density at radius 2 is 2.08 bits per heavy atom. The second-order valence-electron chi connectivity index (χ2n) is 5.11. The van der Waals surface area contributed by atoms with Crippen LogP contribution in [-0.4, -0.2) is 52.8 Å². The van der Waals surface area contributed by atoms with Crippen molar-refractivity contribution < 1.29 is 22.7 Å². The second-order valence-corrected chi connectivity index (χ2v) is 7.53. The molecule has 0 saturated carbocycles. The van der Waals surface area contributed by atoms with E-state index >= 15 is 0 Å². The van der Waals surface area contributed by atoms with Crippen molar-refractivity contribution in [3.8, 4) is 0 Å². The van der Waals surface area contributed by atoms with E-state index in [9.17, 15) is 18.0 Å². The van der Waals surface area contributed by atoms with Crippen LogP contribution in [0.2, 0.25) is 5.02 Å². The largest absolute Gasteiger partial charge is 0.383 e. The molecule has 0 atom stereocenters. The molecule has 2 rings (SSSR count). The fourth-order valence-corrected chi connectivity index (χ4v) is 3.99. The first-order chi connectivity index (χ1) is 11.3. The third kappa shape index (κ3) is 4.37. The number of nitrogens with one attached hydrogen (secondary N) is 2. The lowest BCUT2D eigenvalue weighted by Gasteiger charge is -2.18. The standard InChI is InChI=1S/C14H18ClN3O5S/c1-23-7-5-16-13(19)14(20)17-12-4-3-10(9-11(12)15)18-6-2-8-24(18,21)22/h3-4,9H,2,5-8H2,1H3,(H,16,19)(H,17,20). The Morgan fingerprint density at radius 3 is 2.67 bits per heavy atom. The average Bonchev–Trinajstić information content (AvgIpc) is 2.88. The van der Waals surface area contributed by atoms with Crippen molar-refractivity contribution >= 4 is 44.8 Å². The minimum absolute atomic E-state index is 0.102. The van der Waals surface area contributed by atoms with Crippen LogP contribution in [0.15, 0.2) is 18.2 Å². The van der Waals surface area contributed by atoms with Gasteiger partial charge in [-0.15, -0.1) is 0 Å². The van der Waals surface area contributed by atoms with Crippen LogP contribution in [0.25, 0.3) is 0 Å². The van der Waals surface area contributed by atoms with Gasteiger partial charge in [-0.05, 0) is 24.6 Å². The van der Waals surface area contributed by atoms with E-state index in [-0.39, 0.29) is 23.0 Å². The first-order valence-corrected chi connectivity index (χ1v) is 9.22. The molecular weight excluding hydrogens is 358 g/mol. The molecule has 8 nitrogen and oxygen atoms in total. The SMILES string of the molecule is COCCNC(=O)C(=O)Nc1ccc(N2CCCS2(=O)=O)cc1Cl. The van der Waals surface area contributed by atoms with Crippen LogP contribution in [-0.2, 0) is 24.3 Å². The molecule has 0 aliphatic carbocycles. The molecule has 1 aromatic carbocycles. The lowest BCUT2D eigenvalue weighted by Crippen LogP contribution is -2.37. The number of carbonyl (C=O) groups is 2. The molecule has 1 aliphatic rings. The van der Waals surface area contributed by atoms with E-state index in [2.05, 4.69) is 10.6 Å². The van der Waals surface area contributed by atoms with Crippen LogP contribution in [0.4, 0.5) is 11.4 Å². The lowest BCUT2D eigenvalue weighted by atomic mass is 10.2. The highest BCUT2D eigenvalue weighted by Gasteiger charge is 2.28. The molecule has 1 heterocycles. The quantitative estimate of drug-likeness (QED) is 0.578. The second kappa shape index (κ2) is 7.82. The number of halogens is 1. The van der Waals surface area contributed by atoms with Crippen LogP contribution in [0.5, 0.6) is 0 Å². The number of sulfonamides is 1. The van der Waals surface area contributed by atoms with Gasteiger partial charge in [0.15, 0.2) is 0 Å². The first-order valence-electron chi connectivity index (χ1n) is 7.23. The van der Waals surface area contributed by atoms with Crippen LogP contribution in [0, 0.1) is 0 Å². The van der Waals surface area contributed by atoms with Gasteiger partial charge in [0.05, 0.1) is 28.8 Å². The van der Waals surface area contributed by atoms with Gasteiger partial charge >= 0.3 is 11.8 Å². The van der Waals surface area contributed by atoms with Gasteiger partial charge in [-0.2, -0.15) is 0 Å². The molecule has 24 heavy (non-hydrogen) atoms. The summed E-state index contributed by atoms with van der Waals surface area (Å²) in [4.78, 5) is 23.4. The predicted octanol–water partition coefficient (Wildman–Crippen LogP) is 0.581. The Balaban J connectivity index is 2.05. The molecule has 1 saturated heterocycles. The van der Waals surface area contributed by atoms with E-state index in [4.69, 9.17) is 16.3 Å². The van der Waals surface area contributed by atoms with Crippen molar-refractivity contribution in [2.24, 2.45) is 0 Å². The number of benzene rings is 1. The van der Waals surface area contributed by atoms with Crippen LogP contribution in [0.1, 0.15) is 6.42 Å². The van der Waals surface area contributed by atoms with Crippen LogP contribution in [0.3, 0.4) is 0 Å². The number of carbonyl (C=O) groups excluding carboxylic acids is 2. The highest BCUT2D eigenvalue weighted by molar-refractivity contribution is 7.93. The summed E-state index contributed by atoms with van der Waals surface area (Å²) in [7, 11) is -1.83. The molecule has 2 amide bonds. The predicted molar refractivity (Wildman–Crippen MR) is 90.7 cm³/mol. The van der Waals surface area contributed by atoms with Crippen molar-refractivity contribution in [3.05, 3.63) is 23.2 Å². The maximum absolute atomic E-state index is 11.9. The van der Waals surface area contributed by atoms with Crippen molar-refractivity contribution in [1.82, 2.24) is 5.32 Å². The Hall–Kier alpha value is -1.84. The highest BCUT2D eigenvalue weighted by Crippen LogP contribution is 2.31. The number of anilines is 2. The fraction of sp³-hybridized carbons (Fsp3) is 0.429. The summed E-state index contributed by atoms with van der Waals surface area (Å²) in [5.74, 6) is -1.58. The summed E-state index contributed by atoms with van der Waals surface area (Å²) in [6.07, 6.45) is 0.556. The summed E-state index contributed by atoms with van der Waals surface area (Å²) in [5, 5.41) is 4.91. The topological polar surface area (TPSA) is 105 Å². The maximum atomic E-state index is 11.9. The first kappa shape index (κ1) is 18.5. The molecule has 10 heteroatoms. The summed E-state index contributed by atoms with van der Waals surface area (Å²) in [6.45, 7) is 0.896. The van der Waals surface area contributed by atoms with Crippen LogP contribution < -0.4 is 14.9 Å². The minimum atomic E-state index is -3.31. The van der Waals surface area contributed by atoms with Gasteiger partial charge in [-0.3, -0.25) is 13.9 Å².